The van der Waals surface area contributed by atoms with Crippen molar-refractivity contribution in [3.05, 3.63) is 47.2 Å². The van der Waals surface area contributed by atoms with Crippen molar-refractivity contribution >= 4 is 40.9 Å². The third kappa shape index (κ3) is 4.84. The van der Waals surface area contributed by atoms with Gasteiger partial charge in [0.15, 0.2) is 5.78 Å². The van der Waals surface area contributed by atoms with E-state index in [1.165, 1.54) is 24.8 Å². The number of carbonyl (C=O) groups excluding carboxylic acids is 2. The van der Waals surface area contributed by atoms with Crippen LogP contribution in [-0.4, -0.2) is 28.7 Å². The number of aromatic nitrogens is 1. The molecule has 5 nitrogen and oxygen atoms in total. The van der Waals surface area contributed by atoms with Gasteiger partial charge < -0.3 is 5.32 Å². The number of rotatable bonds is 6. The third-order valence-electron chi connectivity index (χ3n) is 3.40. The van der Waals surface area contributed by atoms with E-state index in [-0.39, 0.29) is 17.4 Å². The highest BCUT2D eigenvalue weighted by Crippen LogP contribution is 2.26. The lowest BCUT2D eigenvalue weighted by atomic mass is 10.1. The average Bonchev–Trinajstić information content (AvgIpc) is 2.60. The second kappa shape index (κ2) is 8.70. The van der Waals surface area contributed by atoms with Crippen molar-refractivity contribution in [3.63, 3.8) is 0 Å². The predicted octanol–water partition coefficient (Wildman–Crippen LogP) is 3.92. The zero-order chi connectivity index (χ0) is 18.4. The highest BCUT2D eigenvalue weighted by atomic mass is 32.2. The number of Topliss-reactive ketones (excluding diaryl/α,β-unsaturated/α-hetero) is 1. The molecule has 2 rings (SSSR count). The van der Waals surface area contributed by atoms with Gasteiger partial charge in [0.05, 0.1) is 17.0 Å². The summed E-state index contributed by atoms with van der Waals surface area (Å²) in [4.78, 5) is 29.1. The molecule has 0 aliphatic rings. The maximum Gasteiger partial charge on any atom is 0.234 e. The van der Waals surface area contributed by atoms with Gasteiger partial charge in [0, 0.05) is 16.2 Å². The fourth-order valence-electron chi connectivity index (χ4n) is 2.20. The van der Waals surface area contributed by atoms with E-state index in [4.69, 9.17) is 0 Å². The Morgan fingerprint density at radius 1 is 1.32 bits per heavy atom. The fourth-order valence-corrected chi connectivity index (χ4v) is 3.55. The molecule has 0 radical (unpaired) electrons. The molecule has 0 saturated heterocycles. The summed E-state index contributed by atoms with van der Waals surface area (Å²) in [5, 5.41) is 12.6. The summed E-state index contributed by atoms with van der Waals surface area (Å²) >= 11 is 2.74. The molecule has 0 spiro atoms. The van der Waals surface area contributed by atoms with E-state index >= 15 is 0 Å². The van der Waals surface area contributed by atoms with Crippen LogP contribution in [0, 0.1) is 18.3 Å². The first-order valence-corrected chi connectivity index (χ1v) is 9.65. The highest BCUT2D eigenvalue weighted by Gasteiger charge is 2.14. The largest absolute Gasteiger partial charge is 0.324 e. The Morgan fingerprint density at radius 3 is 2.68 bits per heavy atom. The quantitative estimate of drug-likeness (QED) is 0.612. The summed E-state index contributed by atoms with van der Waals surface area (Å²) in [5.41, 5.74) is 2.05. The molecular weight excluding hydrogens is 354 g/mol. The molecule has 0 unspecified atom stereocenters. The van der Waals surface area contributed by atoms with Gasteiger partial charge in [-0.15, -0.1) is 11.8 Å². The fraction of sp³-hybridized carbons (Fsp3) is 0.222. The lowest BCUT2D eigenvalue weighted by Gasteiger charge is -2.10. The van der Waals surface area contributed by atoms with E-state index < -0.39 is 0 Å². The molecule has 0 aliphatic heterocycles. The maximum absolute atomic E-state index is 12.2. The van der Waals surface area contributed by atoms with E-state index in [1.807, 2.05) is 36.6 Å². The molecule has 1 N–H and O–H groups in total. The Bertz CT molecular complexity index is 860. The van der Waals surface area contributed by atoms with Crippen LogP contribution in [0.1, 0.15) is 28.5 Å². The number of hydrogen-bond acceptors (Lipinski definition) is 6. The monoisotopic (exact) mass is 371 g/mol. The molecule has 1 heterocycles. The number of hydrogen-bond donors (Lipinski definition) is 1. The van der Waals surface area contributed by atoms with Gasteiger partial charge >= 0.3 is 0 Å². The van der Waals surface area contributed by atoms with Gasteiger partial charge in [-0.25, -0.2) is 4.98 Å². The number of para-hydroxylation sites is 1. The van der Waals surface area contributed by atoms with Crippen LogP contribution in [0.15, 0.2) is 40.3 Å². The average molecular weight is 371 g/mol. The van der Waals surface area contributed by atoms with Crippen molar-refractivity contribution in [3.8, 4) is 6.07 Å². The molecule has 1 aromatic heterocycles. The van der Waals surface area contributed by atoms with Gasteiger partial charge in [0.1, 0.15) is 11.1 Å². The van der Waals surface area contributed by atoms with Gasteiger partial charge in [-0.2, -0.15) is 5.26 Å². The minimum Gasteiger partial charge on any atom is -0.324 e. The van der Waals surface area contributed by atoms with Gasteiger partial charge in [-0.05, 0) is 38.3 Å². The van der Waals surface area contributed by atoms with Crippen molar-refractivity contribution < 1.29 is 9.59 Å². The number of nitriles is 1. The number of carbonyl (C=O) groups is 2. The number of thioether (sulfide) groups is 2. The number of benzene rings is 1. The Hall–Kier alpha value is -2.30. The molecule has 128 valence electrons. The second-order valence-electron chi connectivity index (χ2n) is 5.18. The summed E-state index contributed by atoms with van der Waals surface area (Å²) < 4.78 is 0. The number of ketones is 1. The van der Waals surface area contributed by atoms with Crippen molar-refractivity contribution in [2.75, 3.05) is 17.3 Å². The van der Waals surface area contributed by atoms with E-state index in [0.717, 1.165) is 10.6 Å². The first-order valence-electron chi connectivity index (χ1n) is 7.44. The van der Waals surface area contributed by atoms with Crippen LogP contribution in [0.25, 0.3) is 0 Å². The van der Waals surface area contributed by atoms with E-state index in [9.17, 15) is 14.9 Å². The highest BCUT2D eigenvalue weighted by molar-refractivity contribution is 8.00. The normalized spacial score (nSPS) is 10.2. The zero-order valence-corrected chi connectivity index (χ0v) is 15.8. The number of pyridine rings is 1. The summed E-state index contributed by atoms with van der Waals surface area (Å²) in [6.07, 6.45) is 1.95. The molecule has 0 saturated carbocycles. The zero-order valence-electron chi connectivity index (χ0n) is 14.1. The molecular formula is C18H17N3O2S2. The lowest BCUT2D eigenvalue weighted by molar-refractivity contribution is -0.113. The number of aryl methyl sites for hydroxylation is 1. The topological polar surface area (TPSA) is 82.8 Å². The van der Waals surface area contributed by atoms with Crippen molar-refractivity contribution in [1.29, 1.82) is 5.26 Å². The molecule has 1 amide bonds. The van der Waals surface area contributed by atoms with Gasteiger partial charge in [0.2, 0.25) is 5.91 Å². The summed E-state index contributed by atoms with van der Waals surface area (Å²) in [6.45, 7) is 3.16. The molecule has 0 bridgehead atoms. The number of amides is 1. The minimum absolute atomic E-state index is 0.128. The Labute approximate surface area is 155 Å². The molecule has 25 heavy (non-hydrogen) atoms. The number of anilines is 1. The Balaban J connectivity index is 2.11. The van der Waals surface area contributed by atoms with E-state index in [0.29, 0.717) is 21.8 Å². The Morgan fingerprint density at radius 2 is 2.04 bits per heavy atom. The summed E-state index contributed by atoms with van der Waals surface area (Å²) in [7, 11) is 0. The van der Waals surface area contributed by atoms with Gasteiger partial charge in [0.25, 0.3) is 0 Å². The van der Waals surface area contributed by atoms with Crippen molar-refractivity contribution in [2.45, 2.75) is 23.8 Å². The SMILES string of the molecule is CSc1ccccc1NC(=O)CSc1nc(C)c(C(C)=O)cc1C#N. The predicted molar refractivity (Wildman–Crippen MR) is 101 cm³/mol. The summed E-state index contributed by atoms with van der Waals surface area (Å²) in [6, 6.07) is 11.1. The van der Waals surface area contributed by atoms with Crippen LogP contribution >= 0.6 is 23.5 Å². The van der Waals surface area contributed by atoms with Crippen LogP contribution in [-0.2, 0) is 4.79 Å². The molecule has 0 aliphatic carbocycles. The number of nitrogens with zero attached hydrogens (tertiary/aromatic N) is 2. The standard InChI is InChI=1S/C18H17N3O2S2/c1-11-14(12(2)22)8-13(9-19)18(20-11)25-10-17(23)21-15-6-4-5-7-16(15)24-3/h4-8H,10H2,1-3H3,(H,21,23). The van der Waals surface area contributed by atoms with Gasteiger partial charge in [-0.3, -0.25) is 9.59 Å². The molecule has 2 aromatic rings. The third-order valence-corrected chi connectivity index (χ3v) is 5.19. The first-order chi connectivity index (χ1) is 12.0. The van der Waals surface area contributed by atoms with Crippen LogP contribution in [0.4, 0.5) is 5.69 Å². The maximum atomic E-state index is 12.2. The van der Waals surface area contributed by atoms with Crippen molar-refractivity contribution in [1.82, 2.24) is 4.98 Å². The van der Waals surface area contributed by atoms with Crippen LogP contribution in [0.5, 0.6) is 0 Å². The molecule has 1 aromatic carbocycles. The smallest absolute Gasteiger partial charge is 0.234 e. The van der Waals surface area contributed by atoms with Crippen LogP contribution in [0.3, 0.4) is 0 Å². The molecule has 0 fully saturated rings. The minimum atomic E-state index is -0.175. The first kappa shape index (κ1) is 19.0. The Kier molecular flexibility index (Phi) is 6.62. The molecule has 0 atom stereocenters. The van der Waals surface area contributed by atoms with Crippen LogP contribution in [0.2, 0.25) is 0 Å². The van der Waals surface area contributed by atoms with Gasteiger partial charge in [-0.1, -0.05) is 23.9 Å². The summed E-state index contributed by atoms with van der Waals surface area (Å²) in [5.74, 6) is -0.182. The van der Waals surface area contributed by atoms with E-state index in [2.05, 4.69) is 10.3 Å². The van der Waals surface area contributed by atoms with Crippen molar-refractivity contribution in [2.24, 2.45) is 0 Å². The number of nitrogens with one attached hydrogen (secondary N) is 1. The van der Waals surface area contributed by atoms with E-state index in [1.54, 1.807) is 18.7 Å². The second-order valence-corrected chi connectivity index (χ2v) is 6.99. The lowest BCUT2D eigenvalue weighted by Crippen LogP contribution is -2.15. The molecule has 7 heteroatoms. The van der Waals surface area contributed by atoms with Crippen LogP contribution < -0.4 is 5.32 Å².